The van der Waals surface area contributed by atoms with E-state index in [2.05, 4.69) is 0 Å². The number of hydrogen-bond acceptors (Lipinski definition) is 3. The Hall–Kier alpha value is -1.06. The number of ether oxygens (including phenoxy) is 1. The summed E-state index contributed by atoms with van der Waals surface area (Å²) in [5, 5.41) is 0. The standard InChI is InChI=1S/C12H21NO3/c1-11(2,3)8-7-9(14)13(8)10(15)16-12(4,5)6/h8H,7H2,1-6H3/t8-/m0/s1. The van der Waals surface area contributed by atoms with E-state index in [1.165, 1.54) is 4.90 Å². The van der Waals surface area contributed by atoms with Gasteiger partial charge in [0.15, 0.2) is 0 Å². The molecule has 2 amide bonds. The Morgan fingerprint density at radius 2 is 1.75 bits per heavy atom. The van der Waals surface area contributed by atoms with Gasteiger partial charge in [0, 0.05) is 6.42 Å². The Morgan fingerprint density at radius 3 is 2.06 bits per heavy atom. The van der Waals surface area contributed by atoms with Crippen molar-refractivity contribution in [1.82, 2.24) is 4.90 Å². The van der Waals surface area contributed by atoms with Gasteiger partial charge in [-0.1, -0.05) is 20.8 Å². The van der Waals surface area contributed by atoms with Gasteiger partial charge in [0.25, 0.3) is 0 Å². The second-order valence-corrected chi connectivity index (χ2v) is 6.33. The van der Waals surface area contributed by atoms with Gasteiger partial charge in [-0.05, 0) is 26.2 Å². The van der Waals surface area contributed by atoms with Crippen molar-refractivity contribution in [3.05, 3.63) is 0 Å². The molecule has 92 valence electrons. The molecule has 0 aliphatic carbocycles. The molecule has 0 N–H and O–H groups in total. The van der Waals surface area contributed by atoms with Crippen LogP contribution in [0.25, 0.3) is 0 Å². The highest BCUT2D eigenvalue weighted by molar-refractivity contribution is 5.97. The number of imide groups is 1. The van der Waals surface area contributed by atoms with E-state index in [0.717, 1.165) is 0 Å². The summed E-state index contributed by atoms with van der Waals surface area (Å²) in [6.45, 7) is 11.4. The fourth-order valence-corrected chi connectivity index (χ4v) is 1.65. The third kappa shape index (κ3) is 2.74. The summed E-state index contributed by atoms with van der Waals surface area (Å²) in [7, 11) is 0. The molecule has 4 nitrogen and oxygen atoms in total. The molecule has 0 spiro atoms. The van der Waals surface area contributed by atoms with E-state index in [0.29, 0.717) is 6.42 Å². The summed E-state index contributed by atoms with van der Waals surface area (Å²) >= 11 is 0. The third-order valence-electron chi connectivity index (χ3n) is 2.54. The zero-order valence-electron chi connectivity index (χ0n) is 11.0. The van der Waals surface area contributed by atoms with Gasteiger partial charge in [-0.2, -0.15) is 0 Å². The van der Waals surface area contributed by atoms with Crippen molar-refractivity contribution in [1.29, 1.82) is 0 Å². The van der Waals surface area contributed by atoms with Crippen LogP contribution in [0.5, 0.6) is 0 Å². The van der Waals surface area contributed by atoms with Crippen LogP contribution in [-0.4, -0.2) is 28.5 Å². The van der Waals surface area contributed by atoms with Gasteiger partial charge < -0.3 is 4.74 Å². The molecular weight excluding hydrogens is 206 g/mol. The van der Waals surface area contributed by atoms with Gasteiger partial charge in [0.05, 0.1) is 6.04 Å². The predicted molar refractivity (Wildman–Crippen MR) is 60.9 cm³/mol. The second-order valence-electron chi connectivity index (χ2n) is 6.33. The Balaban J connectivity index is 2.72. The van der Waals surface area contributed by atoms with Crippen molar-refractivity contribution in [2.75, 3.05) is 0 Å². The van der Waals surface area contributed by atoms with Crippen molar-refractivity contribution < 1.29 is 14.3 Å². The first-order valence-electron chi connectivity index (χ1n) is 5.57. The topological polar surface area (TPSA) is 46.6 Å². The number of carbonyl (C=O) groups excluding carboxylic acids is 2. The molecule has 1 fully saturated rings. The Kier molecular flexibility index (Phi) is 3.05. The molecule has 1 aliphatic heterocycles. The van der Waals surface area contributed by atoms with E-state index in [9.17, 15) is 9.59 Å². The lowest BCUT2D eigenvalue weighted by Gasteiger charge is -2.46. The van der Waals surface area contributed by atoms with E-state index < -0.39 is 11.7 Å². The molecule has 1 rings (SSSR count). The third-order valence-corrected chi connectivity index (χ3v) is 2.54. The zero-order chi connectivity index (χ0) is 12.7. The fourth-order valence-electron chi connectivity index (χ4n) is 1.65. The average molecular weight is 227 g/mol. The first-order valence-corrected chi connectivity index (χ1v) is 5.57. The van der Waals surface area contributed by atoms with Crippen LogP contribution in [0.4, 0.5) is 4.79 Å². The lowest BCUT2D eigenvalue weighted by molar-refractivity contribution is -0.149. The maximum atomic E-state index is 11.8. The highest BCUT2D eigenvalue weighted by Crippen LogP contribution is 2.35. The average Bonchev–Trinajstić information content (AvgIpc) is 1.93. The normalized spacial score (nSPS) is 21.8. The minimum Gasteiger partial charge on any atom is -0.443 e. The molecule has 1 atom stereocenters. The molecule has 0 bridgehead atoms. The molecule has 0 unspecified atom stereocenters. The molecule has 0 aromatic carbocycles. The molecule has 1 saturated heterocycles. The number of β-lactam (4-membered cyclic amide) rings is 1. The highest BCUT2D eigenvalue weighted by atomic mass is 16.6. The first-order chi connectivity index (χ1) is 7.02. The number of hydrogen-bond donors (Lipinski definition) is 0. The number of carbonyl (C=O) groups is 2. The SMILES string of the molecule is CC(C)(C)OC(=O)N1C(=O)C[C@H]1C(C)(C)C. The van der Waals surface area contributed by atoms with Crippen LogP contribution in [-0.2, 0) is 9.53 Å². The second kappa shape index (κ2) is 3.75. The molecule has 16 heavy (non-hydrogen) atoms. The van der Waals surface area contributed by atoms with Crippen molar-refractivity contribution in [3.63, 3.8) is 0 Å². The number of rotatable bonds is 0. The summed E-state index contributed by atoms with van der Waals surface area (Å²) in [5.41, 5.74) is -0.653. The van der Waals surface area contributed by atoms with Crippen molar-refractivity contribution in [3.8, 4) is 0 Å². The van der Waals surface area contributed by atoms with Crippen LogP contribution in [0.2, 0.25) is 0 Å². The molecular formula is C12H21NO3. The number of likely N-dealkylation sites (tertiary alicyclic amines) is 1. The maximum absolute atomic E-state index is 11.8. The lowest BCUT2D eigenvalue weighted by atomic mass is 9.79. The van der Waals surface area contributed by atoms with E-state index in [-0.39, 0.29) is 17.4 Å². The fraction of sp³-hybridized carbons (Fsp3) is 0.833. The molecule has 0 aromatic heterocycles. The van der Waals surface area contributed by atoms with E-state index in [1.807, 2.05) is 20.8 Å². The predicted octanol–water partition coefficient (Wildman–Crippen LogP) is 2.57. The Morgan fingerprint density at radius 1 is 1.25 bits per heavy atom. The van der Waals surface area contributed by atoms with Crippen LogP contribution in [0.15, 0.2) is 0 Å². The molecule has 0 saturated carbocycles. The van der Waals surface area contributed by atoms with E-state index in [1.54, 1.807) is 20.8 Å². The molecule has 1 aliphatic rings. The zero-order valence-corrected chi connectivity index (χ0v) is 11.0. The van der Waals surface area contributed by atoms with Crippen molar-refractivity contribution in [2.45, 2.75) is 59.6 Å². The van der Waals surface area contributed by atoms with Gasteiger partial charge in [-0.3, -0.25) is 4.79 Å². The Labute approximate surface area is 96.9 Å². The summed E-state index contributed by atoms with van der Waals surface area (Å²) in [5.74, 6) is -0.144. The van der Waals surface area contributed by atoms with Crippen molar-refractivity contribution >= 4 is 12.0 Å². The van der Waals surface area contributed by atoms with E-state index >= 15 is 0 Å². The summed E-state index contributed by atoms with van der Waals surface area (Å²) in [6.07, 6.45) is -0.0911. The Bertz CT molecular complexity index is 309. The minimum atomic E-state index is -0.560. The molecule has 1 heterocycles. The smallest absolute Gasteiger partial charge is 0.417 e. The van der Waals surface area contributed by atoms with Crippen LogP contribution in [0.3, 0.4) is 0 Å². The lowest BCUT2D eigenvalue weighted by Crippen LogP contribution is -2.61. The quantitative estimate of drug-likeness (QED) is 0.597. The van der Waals surface area contributed by atoms with Gasteiger partial charge in [-0.15, -0.1) is 0 Å². The van der Waals surface area contributed by atoms with Crippen LogP contribution >= 0.6 is 0 Å². The summed E-state index contributed by atoms with van der Waals surface area (Å²) in [4.78, 5) is 24.5. The van der Waals surface area contributed by atoms with Gasteiger partial charge in [0.2, 0.25) is 5.91 Å². The number of nitrogens with zero attached hydrogens (tertiary/aromatic N) is 1. The summed E-state index contributed by atoms with van der Waals surface area (Å²) < 4.78 is 5.20. The molecule has 4 heteroatoms. The van der Waals surface area contributed by atoms with E-state index in [4.69, 9.17) is 4.74 Å². The molecule has 0 radical (unpaired) electrons. The monoisotopic (exact) mass is 227 g/mol. The van der Waals surface area contributed by atoms with Gasteiger partial charge in [0.1, 0.15) is 5.60 Å². The van der Waals surface area contributed by atoms with Crippen LogP contribution in [0.1, 0.15) is 48.0 Å². The molecule has 0 aromatic rings. The van der Waals surface area contributed by atoms with Gasteiger partial charge in [-0.25, -0.2) is 9.69 Å². The largest absolute Gasteiger partial charge is 0.443 e. The maximum Gasteiger partial charge on any atom is 0.417 e. The van der Waals surface area contributed by atoms with Crippen LogP contribution in [0, 0.1) is 5.41 Å². The number of amides is 2. The minimum absolute atomic E-state index is 0.0464. The van der Waals surface area contributed by atoms with Gasteiger partial charge >= 0.3 is 6.09 Å². The van der Waals surface area contributed by atoms with Crippen molar-refractivity contribution in [2.24, 2.45) is 5.41 Å². The summed E-state index contributed by atoms with van der Waals surface area (Å²) in [6, 6.07) is -0.0464. The van der Waals surface area contributed by atoms with Crippen LogP contribution < -0.4 is 0 Å². The highest BCUT2D eigenvalue weighted by Gasteiger charge is 2.48. The first kappa shape index (κ1) is 13.0.